The van der Waals surface area contributed by atoms with Gasteiger partial charge in [0.25, 0.3) is 0 Å². The van der Waals surface area contributed by atoms with E-state index in [1.807, 2.05) is 12.3 Å². The summed E-state index contributed by atoms with van der Waals surface area (Å²) in [5.41, 5.74) is 1.30. The van der Waals surface area contributed by atoms with E-state index >= 15 is 0 Å². The molecule has 1 heteroatoms. The summed E-state index contributed by atoms with van der Waals surface area (Å²) in [7, 11) is 0. The number of fused-ring (bicyclic) bond motifs is 1. The Balaban J connectivity index is 2.05. The third kappa shape index (κ3) is 1.61. The maximum atomic E-state index is 3.33. The van der Waals surface area contributed by atoms with Gasteiger partial charge in [0, 0.05) is 0 Å². The maximum Gasteiger partial charge on any atom is 0.0695 e. The van der Waals surface area contributed by atoms with Crippen molar-refractivity contribution in [3.63, 3.8) is 0 Å². The van der Waals surface area contributed by atoms with E-state index in [0.29, 0.717) is 6.04 Å². The summed E-state index contributed by atoms with van der Waals surface area (Å²) < 4.78 is 0. The molecule has 0 radical (unpaired) electrons. The summed E-state index contributed by atoms with van der Waals surface area (Å²) in [5, 5.41) is 5.92. The van der Waals surface area contributed by atoms with Crippen LogP contribution in [0.5, 0.6) is 0 Å². The highest BCUT2D eigenvalue weighted by Gasteiger charge is 2.07. The molecule has 78 valence electrons. The molecule has 0 fully saturated rings. The van der Waals surface area contributed by atoms with Gasteiger partial charge in [0.1, 0.15) is 0 Å². The van der Waals surface area contributed by atoms with Gasteiger partial charge < -0.3 is 5.32 Å². The molecule has 0 aliphatic carbocycles. The standard InChI is InChI=1S/C15H13N/c1-2-6-13-11-14(9-8-12(13)5-1)15-7-3-4-10-16-15/h1-11,15-16H. The Bertz CT molecular complexity index is 566. The van der Waals surface area contributed by atoms with E-state index in [4.69, 9.17) is 0 Å². The summed E-state index contributed by atoms with van der Waals surface area (Å²) in [4.78, 5) is 0. The number of rotatable bonds is 1. The molecule has 0 saturated heterocycles. The molecule has 1 atom stereocenters. The van der Waals surface area contributed by atoms with Gasteiger partial charge in [-0.1, -0.05) is 48.6 Å². The predicted molar refractivity (Wildman–Crippen MR) is 68.1 cm³/mol. The molecule has 0 spiro atoms. The molecule has 1 aliphatic rings. The zero-order valence-electron chi connectivity index (χ0n) is 8.93. The summed E-state index contributed by atoms with van der Waals surface area (Å²) in [6.45, 7) is 0. The Morgan fingerprint density at radius 2 is 1.75 bits per heavy atom. The largest absolute Gasteiger partial charge is 0.381 e. The van der Waals surface area contributed by atoms with Crippen molar-refractivity contribution in [3.05, 3.63) is 72.5 Å². The smallest absolute Gasteiger partial charge is 0.0695 e. The highest BCUT2D eigenvalue weighted by molar-refractivity contribution is 5.83. The molecule has 0 bridgehead atoms. The van der Waals surface area contributed by atoms with E-state index in [-0.39, 0.29) is 0 Å². The molecule has 2 aromatic rings. The lowest BCUT2D eigenvalue weighted by Gasteiger charge is -2.16. The quantitative estimate of drug-likeness (QED) is 0.754. The topological polar surface area (TPSA) is 12.0 Å². The van der Waals surface area contributed by atoms with Gasteiger partial charge in [0.05, 0.1) is 6.04 Å². The van der Waals surface area contributed by atoms with Gasteiger partial charge in [-0.25, -0.2) is 0 Å². The monoisotopic (exact) mass is 207 g/mol. The van der Waals surface area contributed by atoms with E-state index < -0.39 is 0 Å². The molecule has 3 rings (SSSR count). The van der Waals surface area contributed by atoms with E-state index in [0.717, 1.165) is 0 Å². The van der Waals surface area contributed by atoms with Crippen LogP contribution in [0.4, 0.5) is 0 Å². The minimum absolute atomic E-state index is 0.301. The normalized spacial score (nSPS) is 18.6. The number of hydrogen-bond acceptors (Lipinski definition) is 1. The maximum absolute atomic E-state index is 3.33. The molecule has 1 heterocycles. The van der Waals surface area contributed by atoms with Crippen LogP contribution in [0.2, 0.25) is 0 Å². The second kappa shape index (κ2) is 3.86. The fourth-order valence-electron chi connectivity index (χ4n) is 2.05. The second-order valence-corrected chi connectivity index (χ2v) is 3.99. The first-order chi connectivity index (χ1) is 7.93. The molecule has 0 amide bonds. The van der Waals surface area contributed by atoms with E-state index in [1.165, 1.54) is 16.3 Å². The average molecular weight is 207 g/mol. The van der Waals surface area contributed by atoms with Crippen LogP contribution in [-0.4, -0.2) is 0 Å². The number of nitrogens with one attached hydrogen (secondary N) is 1. The number of benzene rings is 2. The Labute approximate surface area is 95.1 Å². The van der Waals surface area contributed by atoms with Crippen molar-refractivity contribution in [2.24, 2.45) is 0 Å². The van der Waals surface area contributed by atoms with Crippen molar-refractivity contribution in [2.75, 3.05) is 0 Å². The summed E-state index contributed by atoms with van der Waals surface area (Å²) >= 11 is 0. The van der Waals surface area contributed by atoms with Crippen LogP contribution in [-0.2, 0) is 0 Å². The Hall–Kier alpha value is -2.02. The summed E-state index contributed by atoms with van der Waals surface area (Å²) in [6.07, 6.45) is 8.25. The molecular weight excluding hydrogens is 194 g/mol. The highest BCUT2D eigenvalue weighted by atomic mass is 14.9. The van der Waals surface area contributed by atoms with Crippen LogP contribution in [0, 0.1) is 0 Å². The molecule has 0 saturated carbocycles. The van der Waals surface area contributed by atoms with Crippen LogP contribution >= 0.6 is 0 Å². The van der Waals surface area contributed by atoms with Crippen LogP contribution < -0.4 is 5.32 Å². The molecule has 16 heavy (non-hydrogen) atoms. The minimum atomic E-state index is 0.301. The van der Waals surface area contributed by atoms with E-state index in [2.05, 4.69) is 59.9 Å². The van der Waals surface area contributed by atoms with E-state index in [1.54, 1.807) is 0 Å². The summed E-state index contributed by atoms with van der Waals surface area (Å²) in [6, 6.07) is 15.4. The highest BCUT2D eigenvalue weighted by Crippen LogP contribution is 2.22. The minimum Gasteiger partial charge on any atom is -0.381 e. The molecule has 1 unspecified atom stereocenters. The SMILES string of the molecule is C1=CNC(c2ccc3ccccc3c2)C=C1. The van der Waals surface area contributed by atoms with Crippen LogP contribution in [0.15, 0.2) is 66.9 Å². The first-order valence-corrected chi connectivity index (χ1v) is 5.51. The zero-order chi connectivity index (χ0) is 10.8. The third-order valence-corrected chi connectivity index (χ3v) is 2.92. The zero-order valence-corrected chi connectivity index (χ0v) is 8.93. The van der Waals surface area contributed by atoms with Crippen molar-refractivity contribution in [2.45, 2.75) is 6.04 Å². The third-order valence-electron chi connectivity index (χ3n) is 2.92. The molecule has 0 aromatic heterocycles. The Morgan fingerprint density at radius 3 is 2.56 bits per heavy atom. The first-order valence-electron chi connectivity index (χ1n) is 5.51. The molecular formula is C15H13N. The van der Waals surface area contributed by atoms with Gasteiger partial charge in [-0.3, -0.25) is 0 Å². The lowest BCUT2D eigenvalue weighted by Crippen LogP contribution is -2.14. The number of dihydropyridines is 1. The van der Waals surface area contributed by atoms with Gasteiger partial charge in [0.2, 0.25) is 0 Å². The van der Waals surface area contributed by atoms with Crippen molar-refractivity contribution in [1.82, 2.24) is 5.32 Å². The fourth-order valence-corrected chi connectivity index (χ4v) is 2.05. The predicted octanol–water partition coefficient (Wildman–Crippen LogP) is 3.55. The molecule has 1 nitrogen and oxygen atoms in total. The lowest BCUT2D eigenvalue weighted by atomic mass is 10.0. The number of hydrogen-bond donors (Lipinski definition) is 1. The Kier molecular flexibility index (Phi) is 2.22. The van der Waals surface area contributed by atoms with Crippen LogP contribution in [0.1, 0.15) is 11.6 Å². The van der Waals surface area contributed by atoms with Crippen LogP contribution in [0.3, 0.4) is 0 Å². The molecule has 1 aliphatic heterocycles. The molecule has 1 N–H and O–H groups in total. The summed E-state index contributed by atoms with van der Waals surface area (Å²) in [5.74, 6) is 0. The van der Waals surface area contributed by atoms with Crippen molar-refractivity contribution < 1.29 is 0 Å². The van der Waals surface area contributed by atoms with Crippen molar-refractivity contribution >= 4 is 10.8 Å². The van der Waals surface area contributed by atoms with Gasteiger partial charge in [-0.05, 0) is 34.7 Å². The Morgan fingerprint density at radius 1 is 0.875 bits per heavy atom. The van der Waals surface area contributed by atoms with Gasteiger partial charge in [-0.2, -0.15) is 0 Å². The number of allylic oxidation sites excluding steroid dienone is 2. The average Bonchev–Trinajstić information content (AvgIpc) is 2.39. The second-order valence-electron chi connectivity index (χ2n) is 3.99. The van der Waals surface area contributed by atoms with Crippen LogP contribution in [0.25, 0.3) is 10.8 Å². The first kappa shape index (κ1) is 9.22. The fraction of sp³-hybridized carbons (Fsp3) is 0.0667. The van der Waals surface area contributed by atoms with Gasteiger partial charge >= 0.3 is 0 Å². The van der Waals surface area contributed by atoms with Gasteiger partial charge in [0.15, 0.2) is 0 Å². The van der Waals surface area contributed by atoms with E-state index in [9.17, 15) is 0 Å². The van der Waals surface area contributed by atoms with Crippen molar-refractivity contribution in [1.29, 1.82) is 0 Å². The van der Waals surface area contributed by atoms with Crippen molar-refractivity contribution in [3.8, 4) is 0 Å². The lowest BCUT2D eigenvalue weighted by molar-refractivity contribution is 0.747. The molecule has 2 aromatic carbocycles. The van der Waals surface area contributed by atoms with Gasteiger partial charge in [-0.15, -0.1) is 0 Å².